The van der Waals surface area contributed by atoms with Crippen LogP contribution in [0.25, 0.3) is 0 Å². The van der Waals surface area contributed by atoms with Crippen LogP contribution in [-0.4, -0.2) is 17.4 Å². The van der Waals surface area contributed by atoms with Gasteiger partial charge in [0.15, 0.2) is 0 Å². The largest absolute Gasteiger partial charge is 0.0756 e. The summed E-state index contributed by atoms with van der Waals surface area (Å²) in [6.07, 6.45) is 0. The van der Waals surface area contributed by atoms with Gasteiger partial charge in [-0.2, -0.15) is 0 Å². The first-order valence-electron chi connectivity index (χ1n) is 1.96. The summed E-state index contributed by atoms with van der Waals surface area (Å²) >= 11 is 0. The monoisotopic (exact) mass is 99.0 g/mol. The maximum absolute atomic E-state index is 2.33. The summed E-state index contributed by atoms with van der Waals surface area (Å²) in [5.74, 6) is 0. The topological polar surface area (TPSA) is 0 Å². The number of hydrogen-bond donors (Lipinski definition) is 0. The second-order valence-corrected chi connectivity index (χ2v) is 7.68. The van der Waals surface area contributed by atoms with Gasteiger partial charge in [0, 0.05) is 17.4 Å². The quantitative estimate of drug-likeness (QED) is 0.425. The van der Waals surface area contributed by atoms with Crippen LogP contribution in [-0.2, 0) is 0 Å². The maximum atomic E-state index is 2.33. The van der Waals surface area contributed by atoms with Gasteiger partial charge >= 0.3 is 0 Å². The zero-order valence-corrected chi connectivity index (χ0v) is 5.41. The molecule has 1 fully saturated rings. The SMILES string of the molecule is C[Si][Si]1CC1. The van der Waals surface area contributed by atoms with Crippen molar-refractivity contribution in [2.75, 3.05) is 0 Å². The predicted octanol–water partition coefficient (Wildman–Crippen LogP) is 0.744. The average Bonchev–Trinajstić information content (AvgIpc) is 2.12. The molecule has 0 nitrogen and oxygen atoms in total. The Morgan fingerprint density at radius 2 is 2.20 bits per heavy atom. The van der Waals surface area contributed by atoms with Gasteiger partial charge in [-0.15, -0.1) is 0 Å². The van der Waals surface area contributed by atoms with Crippen molar-refractivity contribution in [1.29, 1.82) is 0 Å². The molecular weight excluding hydrogens is 92.2 g/mol. The molecule has 0 aromatic rings. The summed E-state index contributed by atoms with van der Waals surface area (Å²) in [4.78, 5) is 0. The Labute approximate surface area is 36.8 Å². The first-order chi connectivity index (χ1) is 2.43. The van der Waals surface area contributed by atoms with Gasteiger partial charge in [-0.3, -0.25) is 0 Å². The zero-order valence-electron chi connectivity index (χ0n) is 3.41. The molecule has 5 heavy (non-hydrogen) atoms. The molecule has 1 aliphatic rings. The Morgan fingerprint density at radius 3 is 2.20 bits per heavy atom. The molecule has 0 atom stereocenters. The highest BCUT2D eigenvalue weighted by Gasteiger charge is 2.20. The Morgan fingerprint density at radius 1 is 1.60 bits per heavy atom. The van der Waals surface area contributed by atoms with Crippen molar-refractivity contribution in [2.24, 2.45) is 0 Å². The van der Waals surface area contributed by atoms with Gasteiger partial charge < -0.3 is 0 Å². The summed E-state index contributed by atoms with van der Waals surface area (Å²) in [6.45, 7) is 2.33. The second-order valence-electron chi connectivity index (χ2n) is 1.35. The van der Waals surface area contributed by atoms with Crippen LogP contribution >= 0.6 is 0 Å². The first kappa shape index (κ1) is 3.62. The van der Waals surface area contributed by atoms with Crippen LogP contribution in [0, 0.1) is 0 Å². The van der Waals surface area contributed by atoms with E-state index in [1.165, 1.54) is 9.04 Å². The maximum Gasteiger partial charge on any atom is 0.0334 e. The average molecular weight is 99.3 g/mol. The number of hydrogen-bond acceptors (Lipinski definition) is 0. The van der Waals surface area contributed by atoms with Crippen LogP contribution in [0.4, 0.5) is 0 Å². The Bertz CT molecular complexity index is 31.9. The van der Waals surface area contributed by atoms with Crippen molar-refractivity contribution in [3.8, 4) is 0 Å². The lowest BCUT2D eigenvalue weighted by atomic mass is 11.0. The van der Waals surface area contributed by atoms with Crippen LogP contribution in [0.5, 0.6) is 0 Å². The highest BCUT2D eigenvalue weighted by atomic mass is 29.2. The normalized spacial score (nSPS) is 23.4. The molecule has 1 saturated heterocycles. The van der Waals surface area contributed by atoms with Gasteiger partial charge in [0.05, 0.1) is 0 Å². The molecule has 0 spiro atoms. The van der Waals surface area contributed by atoms with Crippen molar-refractivity contribution in [3.63, 3.8) is 0 Å². The molecule has 1 aliphatic heterocycles. The molecule has 0 bridgehead atoms. The predicted molar refractivity (Wildman–Crippen MR) is 27.0 cm³/mol. The molecule has 0 N–H and O–H groups in total. The van der Waals surface area contributed by atoms with E-state index in [0.717, 1.165) is 0 Å². The standard InChI is InChI=1S/C3H7Si2/c1-4-5-2-3-5/h2-3H2,1H3. The molecule has 0 aromatic heterocycles. The molecule has 0 saturated carbocycles. The summed E-state index contributed by atoms with van der Waals surface area (Å²) < 4.78 is 0. The molecule has 0 amide bonds. The molecule has 27 valence electrons. The Hall–Kier alpha value is 0.434. The van der Waals surface area contributed by atoms with Gasteiger partial charge in [0.2, 0.25) is 0 Å². The summed E-state index contributed by atoms with van der Waals surface area (Å²) in [6, 6.07) is 3.25. The first-order valence-corrected chi connectivity index (χ1v) is 6.37. The lowest BCUT2D eigenvalue weighted by molar-refractivity contribution is 1.69. The van der Waals surface area contributed by atoms with Crippen molar-refractivity contribution < 1.29 is 0 Å². The molecule has 3 radical (unpaired) electrons. The van der Waals surface area contributed by atoms with Crippen molar-refractivity contribution in [1.82, 2.24) is 0 Å². The second kappa shape index (κ2) is 1.26. The van der Waals surface area contributed by atoms with E-state index in [9.17, 15) is 0 Å². The minimum atomic E-state index is 0.404. The molecule has 2 heteroatoms. The molecular formula is C3H7Si2. The lowest BCUT2D eigenvalue weighted by Crippen LogP contribution is -1.93. The van der Waals surface area contributed by atoms with Crippen molar-refractivity contribution >= 4 is 17.4 Å². The van der Waals surface area contributed by atoms with Crippen molar-refractivity contribution in [3.05, 3.63) is 0 Å². The molecule has 0 unspecified atom stereocenters. The number of rotatable bonds is 1. The van der Waals surface area contributed by atoms with Crippen LogP contribution in [0.3, 0.4) is 0 Å². The van der Waals surface area contributed by atoms with E-state index in [-0.39, 0.29) is 0 Å². The van der Waals surface area contributed by atoms with Gasteiger partial charge in [0.1, 0.15) is 0 Å². The van der Waals surface area contributed by atoms with E-state index < -0.39 is 0 Å². The van der Waals surface area contributed by atoms with Crippen LogP contribution < -0.4 is 0 Å². The van der Waals surface area contributed by atoms with E-state index in [1.807, 2.05) is 0 Å². The van der Waals surface area contributed by atoms with Crippen molar-refractivity contribution in [2.45, 2.75) is 18.6 Å². The van der Waals surface area contributed by atoms with Crippen LogP contribution in [0.1, 0.15) is 0 Å². The van der Waals surface area contributed by atoms with Gasteiger partial charge in [0.25, 0.3) is 0 Å². The lowest BCUT2D eigenvalue weighted by Gasteiger charge is -1.67. The van der Waals surface area contributed by atoms with Crippen LogP contribution in [0.15, 0.2) is 0 Å². The van der Waals surface area contributed by atoms with E-state index in [2.05, 4.69) is 6.55 Å². The minimum Gasteiger partial charge on any atom is -0.0756 e. The third-order valence-electron chi connectivity index (χ3n) is 0.854. The Balaban J connectivity index is 2.00. The molecule has 1 heterocycles. The van der Waals surface area contributed by atoms with Gasteiger partial charge in [-0.1, -0.05) is 18.6 Å². The fraction of sp³-hybridized carbons (Fsp3) is 1.00. The molecule has 1 rings (SSSR count). The van der Waals surface area contributed by atoms with E-state index in [4.69, 9.17) is 0 Å². The summed E-state index contributed by atoms with van der Waals surface area (Å²) in [7, 11) is 1.73. The zero-order chi connectivity index (χ0) is 3.70. The van der Waals surface area contributed by atoms with E-state index in [0.29, 0.717) is 8.31 Å². The minimum absolute atomic E-state index is 0.404. The summed E-state index contributed by atoms with van der Waals surface area (Å²) in [5.41, 5.74) is 0. The van der Waals surface area contributed by atoms with E-state index >= 15 is 0 Å². The fourth-order valence-electron chi connectivity index (χ4n) is 0.312. The third kappa shape index (κ3) is 0.889. The summed E-state index contributed by atoms with van der Waals surface area (Å²) in [5, 5.41) is 0. The molecule has 0 aromatic carbocycles. The third-order valence-corrected chi connectivity index (χ3v) is 6.18. The smallest absolute Gasteiger partial charge is 0.0334 e. The Kier molecular flexibility index (Phi) is 0.914. The van der Waals surface area contributed by atoms with Gasteiger partial charge in [-0.05, 0) is 0 Å². The molecule has 0 aliphatic carbocycles. The van der Waals surface area contributed by atoms with E-state index in [1.54, 1.807) is 12.1 Å². The highest BCUT2D eigenvalue weighted by molar-refractivity contribution is 7.17. The highest BCUT2D eigenvalue weighted by Crippen LogP contribution is 2.18. The van der Waals surface area contributed by atoms with Gasteiger partial charge in [-0.25, -0.2) is 0 Å². The van der Waals surface area contributed by atoms with Crippen LogP contribution in [0.2, 0.25) is 18.6 Å². The fourth-order valence-corrected chi connectivity index (χ4v) is 3.94.